The molecule has 8 N–H and O–H groups in total. The average molecular weight is 1080 g/mol. The van der Waals surface area contributed by atoms with Crippen LogP contribution in [0.2, 0.25) is 0 Å². The Kier molecular flexibility index (Phi) is 20.7. The first-order valence-corrected chi connectivity index (χ1v) is 27.5. The molecular formula is C54H88FN5O14S. The number of ether oxygens (including phenoxy) is 7. The summed E-state index contributed by atoms with van der Waals surface area (Å²) in [6.45, 7) is 15.5. The molecule has 1 unspecified atom stereocenters. The number of aromatic nitrogens is 1. The predicted molar refractivity (Wildman–Crippen MR) is 280 cm³/mol. The summed E-state index contributed by atoms with van der Waals surface area (Å²) in [6.07, 6.45) is -8.09. The fourth-order valence-corrected chi connectivity index (χ4v) is 12.3. The van der Waals surface area contributed by atoms with Gasteiger partial charge in [0.05, 0.1) is 52.5 Å². The van der Waals surface area contributed by atoms with Crippen molar-refractivity contribution < 1.29 is 72.7 Å². The Balaban J connectivity index is 1.20. The van der Waals surface area contributed by atoms with Crippen molar-refractivity contribution in [1.82, 2.24) is 20.1 Å². The molecule has 0 bridgehead atoms. The van der Waals surface area contributed by atoms with Gasteiger partial charge in [0.1, 0.15) is 42.8 Å². The van der Waals surface area contributed by atoms with Crippen LogP contribution in [0, 0.1) is 23.7 Å². The number of benzene rings is 1. The number of halogens is 1. The van der Waals surface area contributed by atoms with Gasteiger partial charge in [0.25, 0.3) is 0 Å². The van der Waals surface area contributed by atoms with E-state index in [9.17, 15) is 39.5 Å². The van der Waals surface area contributed by atoms with Crippen LogP contribution in [-0.2, 0) is 42.7 Å². The summed E-state index contributed by atoms with van der Waals surface area (Å²) in [4.78, 5) is 37.0. The van der Waals surface area contributed by atoms with E-state index in [2.05, 4.69) is 10.3 Å². The molecule has 6 rings (SSSR count). The SMILES string of the molecule is CC[C@H]1OC(=O)[C@H](C)[C@@H](O[C@H]2C[C@@](C)(OC)[C@@H](O)[C@H](C)O2)C[C@@H](O[C@@H]2O[C@H](C)CC(N(C)C[C@@H]3C[C@H]3C(=O)N[C@H](CF)[C@H](OC)c3ccc(-c4cnc(N)s4)cc3)[C@H]2O)[C@](C)(O)C[C@@H](C)CN(C)[C@H](C)[C@@H](O)[C@]1(C)O. The van der Waals surface area contributed by atoms with E-state index in [1.54, 1.807) is 47.7 Å². The summed E-state index contributed by atoms with van der Waals surface area (Å²) >= 11 is 1.36. The van der Waals surface area contributed by atoms with Crippen LogP contribution in [-0.4, -0.2) is 197 Å². The summed E-state index contributed by atoms with van der Waals surface area (Å²) in [5.74, 6) is -2.78. The zero-order valence-electron chi connectivity index (χ0n) is 46.3. The summed E-state index contributed by atoms with van der Waals surface area (Å²) in [7, 11) is 6.66. The minimum Gasteiger partial charge on any atom is -0.459 e. The molecule has 75 heavy (non-hydrogen) atoms. The van der Waals surface area contributed by atoms with Gasteiger partial charge in [-0.15, -0.1) is 0 Å². The van der Waals surface area contributed by atoms with E-state index in [4.69, 9.17) is 38.9 Å². The Morgan fingerprint density at radius 3 is 2.29 bits per heavy atom. The number of amides is 1. The molecule has 19 nitrogen and oxygen atoms in total. The summed E-state index contributed by atoms with van der Waals surface area (Å²) in [5, 5.41) is 62.8. The highest BCUT2D eigenvalue weighted by atomic mass is 32.1. The van der Waals surface area contributed by atoms with Gasteiger partial charge in [-0.3, -0.25) is 9.59 Å². The number of thiazole rings is 1. The Labute approximate surface area is 446 Å². The van der Waals surface area contributed by atoms with Crippen LogP contribution < -0.4 is 11.1 Å². The molecule has 21 atom stereocenters. The first-order valence-electron chi connectivity index (χ1n) is 26.7. The number of hydrogen-bond donors (Lipinski definition) is 7. The second kappa shape index (κ2) is 25.4. The van der Waals surface area contributed by atoms with Crippen molar-refractivity contribution in [3.8, 4) is 10.4 Å². The molecule has 0 spiro atoms. The van der Waals surface area contributed by atoms with Gasteiger partial charge in [-0.1, -0.05) is 49.4 Å². The number of anilines is 1. The number of likely N-dealkylation sites (N-methyl/N-ethyl adjacent to an activating group) is 2. The maximum atomic E-state index is 14.7. The summed E-state index contributed by atoms with van der Waals surface area (Å²) in [6, 6.07) is 5.42. The number of carbonyl (C=O) groups is 2. The zero-order chi connectivity index (χ0) is 55.5. The largest absolute Gasteiger partial charge is 0.459 e. The highest BCUT2D eigenvalue weighted by Crippen LogP contribution is 2.42. The number of aliphatic hydroxyl groups excluding tert-OH is 3. The summed E-state index contributed by atoms with van der Waals surface area (Å²) in [5.41, 5.74) is 2.85. The Morgan fingerprint density at radius 1 is 1.01 bits per heavy atom. The lowest BCUT2D eigenvalue weighted by Crippen LogP contribution is -2.59. The Morgan fingerprint density at radius 2 is 1.69 bits per heavy atom. The molecule has 426 valence electrons. The van der Waals surface area contributed by atoms with Crippen molar-refractivity contribution >= 4 is 28.3 Å². The monoisotopic (exact) mass is 1080 g/mol. The van der Waals surface area contributed by atoms with Crippen LogP contribution in [0.4, 0.5) is 9.52 Å². The highest BCUT2D eigenvalue weighted by Gasteiger charge is 2.52. The van der Waals surface area contributed by atoms with Crippen molar-refractivity contribution in [3.63, 3.8) is 0 Å². The number of cyclic esters (lactones) is 1. The van der Waals surface area contributed by atoms with Crippen LogP contribution in [0.5, 0.6) is 0 Å². The van der Waals surface area contributed by atoms with Gasteiger partial charge in [0, 0.05) is 64.3 Å². The first-order chi connectivity index (χ1) is 35.2. The van der Waals surface area contributed by atoms with Gasteiger partial charge >= 0.3 is 5.97 Å². The first kappa shape index (κ1) is 61.2. The number of nitrogen functional groups attached to an aromatic ring is 1. The van der Waals surface area contributed by atoms with Gasteiger partial charge in [0.15, 0.2) is 17.7 Å². The fraction of sp³-hybridized carbons (Fsp3) is 0.796. The molecular weight excluding hydrogens is 994 g/mol. The molecule has 1 saturated carbocycles. The molecule has 2 aromatic rings. The number of nitrogens with two attached hydrogens (primary N) is 1. The van der Waals surface area contributed by atoms with Gasteiger partial charge in [0.2, 0.25) is 5.91 Å². The van der Waals surface area contributed by atoms with Gasteiger partial charge < -0.3 is 79.5 Å². The molecule has 3 aliphatic heterocycles. The molecule has 1 aromatic heterocycles. The maximum absolute atomic E-state index is 14.7. The average Bonchev–Trinajstić information content (AvgIpc) is 4.00. The highest BCUT2D eigenvalue weighted by molar-refractivity contribution is 7.18. The topological polar surface area (TPSA) is 257 Å². The third kappa shape index (κ3) is 14.4. The normalized spacial score (nSPS) is 40.5. The Hall–Kier alpha value is -3.00. The zero-order valence-corrected chi connectivity index (χ0v) is 47.1. The lowest BCUT2D eigenvalue weighted by Gasteiger charge is -2.47. The third-order valence-electron chi connectivity index (χ3n) is 16.7. The molecule has 1 aliphatic carbocycles. The lowest BCUT2D eigenvalue weighted by molar-refractivity contribution is -0.308. The lowest BCUT2D eigenvalue weighted by atomic mass is 9.83. The number of rotatable bonds is 16. The number of nitrogens with zero attached hydrogens (tertiary/aromatic N) is 3. The van der Waals surface area contributed by atoms with Crippen molar-refractivity contribution in [2.75, 3.05) is 53.8 Å². The number of alkyl halides is 1. The van der Waals surface area contributed by atoms with Gasteiger partial charge in [-0.05, 0) is 111 Å². The smallest absolute Gasteiger partial charge is 0.311 e. The van der Waals surface area contributed by atoms with E-state index in [-0.39, 0.29) is 49.3 Å². The van der Waals surface area contributed by atoms with E-state index in [0.29, 0.717) is 36.6 Å². The molecule has 4 aliphatic rings. The summed E-state index contributed by atoms with van der Waals surface area (Å²) < 4.78 is 58.3. The van der Waals surface area contributed by atoms with E-state index >= 15 is 0 Å². The van der Waals surface area contributed by atoms with Crippen LogP contribution in [0.1, 0.15) is 113 Å². The van der Waals surface area contributed by atoms with Crippen molar-refractivity contribution in [2.24, 2.45) is 23.7 Å². The van der Waals surface area contributed by atoms with Crippen LogP contribution in [0.15, 0.2) is 30.5 Å². The number of hydrogen-bond acceptors (Lipinski definition) is 19. The number of esters is 1. The van der Waals surface area contributed by atoms with Crippen LogP contribution in [0.3, 0.4) is 0 Å². The van der Waals surface area contributed by atoms with Crippen molar-refractivity contribution in [1.29, 1.82) is 0 Å². The number of carbonyl (C=O) groups excluding carboxylic acids is 2. The van der Waals surface area contributed by atoms with Gasteiger partial charge in [-0.2, -0.15) is 0 Å². The molecule has 0 radical (unpaired) electrons. The predicted octanol–water partition coefficient (Wildman–Crippen LogP) is 4.21. The van der Waals surface area contributed by atoms with Gasteiger partial charge in [-0.25, -0.2) is 9.37 Å². The molecule has 21 heteroatoms. The molecule has 1 aromatic carbocycles. The second-order valence-electron chi connectivity index (χ2n) is 22.9. The number of aliphatic hydroxyl groups is 5. The molecule has 4 fully saturated rings. The van der Waals surface area contributed by atoms with E-state index in [0.717, 1.165) is 10.4 Å². The molecule has 4 heterocycles. The Bertz CT molecular complexity index is 2160. The number of nitrogens with one attached hydrogen (secondary N) is 1. The minimum absolute atomic E-state index is 0.0821. The van der Waals surface area contributed by atoms with Crippen LogP contribution >= 0.6 is 11.3 Å². The molecule has 1 amide bonds. The maximum Gasteiger partial charge on any atom is 0.311 e. The van der Waals surface area contributed by atoms with E-state index in [1.807, 2.05) is 62.0 Å². The third-order valence-corrected chi connectivity index (χ3v) is 17.6. The fourth-order valence-electron chi connectivity index (χ4n) is 11.6. The van der Waals surface area contributed by atoms with Crippen molar-refractivity contribution in [3.05, 3.63) is 36.0 Å². The second-order valence-corrected chi connectivity index (χ2v) is 23.9. The van der Waals surface area contributed by atoms with E-state index < -0.39 is 121 Å². The van der Waals surface area contributed by atoms with Crippen LogP contribution in [0.25, 0.3) is 10.4 Å². The number of methoxy groups -OCH3 is 2. The standard InChI is InChI=1S/C54H88FN5O14S/c1-14-41-54(9,67)46(62)31(5)59(10)26-28(2)22-52(7,66)42(21-39(30(4)49(65)73-41)72-43-23-53(8,69-13)47(63)32(6)71-43)74-50-44(61)38(19-29(3)70-50)60(11)27-35-20-36(35)48(64)58-37(24-55)45(68-12)34-17-15-33(16-18-34)40-25-57-51(56)75-40/h15-18,25,28-32,35-39,41-47,50,61-63,66-67H,14,19-24,26-27H2,1-13H3,(H2,56,57)(H,58,64)/t28-,29-,30-,31-,32+,35+,36-,37-,38?,39+,41-,42-,43+,44-,45-,46-,47+,50+,52-,53-,54-/m1/s1. The minimum atomic E-state index is -1.85. The van der Waals surface area contributed by atoms with Crippen molar-refractivity contribution in [2.45, 2.75) is 203 Å². The molecule has 3 saturated heterocycles. The quantitative estimate of drug-likeness (QED) is 0.116. The van der Waals surface area contributed by atoms with E-state index in [1.165, 1.54) is 32.5 Å².